The molecule has 0 aliphatic rings. The van der Waals surface area contributed by atoms with Gasteiger partial charge in [0.2, 0.25) is 5.88 Å². The Morgan fingerprint density at radius 3 is 2.53 bits per heavy atom. The second-order valence-corrected chi connectivity index (χ2v) is 6.25. The van der Waals surface area contributed by atoms with Crippen LogP contribution in [0.5, 0.6) is 11.6 Å². The van der Waals surface area contributed by atoms with Crippen LogP contribution in [0.3, 0.4) is 0 Å². The number of hydrogen-bond acceptors (Lipinski definition) is 3. The molecule has 0 bridgehead atoms. The number of benzene rings is 2. The van der Waals surface area contributed by atoms with Crippen molar-refractivity contribution in [2.75, 3.05) is 13.6 Å². The minimum absolute atomic E-state index is 0. The predicted molar refractivity (Wildman–Crippen MR) is 124 cm³/mol. The number of nitrogens with zero attached hydrogens (tertiary/aromatic N) is 2. The van der Waals surface area contributed by atoms with E-state index in [1.165, 1.54) is 18.2 Å². The first-order chi connectivity index (χ1) is 14.1. The molecule has 2 N–H and O–H groups in total. The van der Waals surface area contributed by atoms with Gasteiger partial charge in [-0.15, -0.1) is 24.0 Å². The molecule has 3 aromatic rings. The van der Waals surface area contributed by atoms with E-state index in [-0.39, 0.29) is 35.6 Å². The number of guanidine groups is 1. The molecule has 0 atom stereocenters. The Labute approximate surface area is 191 Å². The fraction of sp³-hybridized carbons (Fsp3) is 0.182. The van der Waals surface area contributed by atoms with E-state index in [0.717, 1.165) is 5.56 Å². The van der Waals surface area contributed by atoms with Crippen LogP contribution in [-0.2, 0) is 13.0 Å². The third-order valence-corrected chi connectivity index (χ3v) is 4.16. The topological polar surface area (TPSA) is 58.5 Å². The molecule has 3 rings (SSSR count). The fourth-order valence-electron chi connectivity index (χ4n) is 2.66. The molecule has 158 valence electrons. The first kappa shape index (κ1) is 23.5. The smallest absolute Gasteiger partial charge is 0.219 e. The van der Waals surface area contributed by atoms with Gasteiger partial charge in [-0.25, -0.2) is 13.8 Å². The highest BCUT2D eigenvalue weighted by molar-refractivity contribution is 14.0. The Hall–Kier alpha value is -2.75. The number of aromatic nitrogens is 1. The highest BCUT2D eigenvalue weighted by atomic mass is 127. The maximum Gasteiger partial charge on any atom is 0.219 e. The van der Waals surface area contributed by atoms with Crippen LogP contribution in [-0.4, -0.2) is 24.5 Å². The zero-order valence-corrected chi connectivity index (χ0v) is 18.8. The van der Waals surface area contributed by atoms with Crippen molar-refractivity contribution in [3.05, 3.63) is 89.6 Å². The van der Waals surface area contributed by atoms with E-state index in [2.05, 4.69) is 20.6 Å². The summed E-state index contributed by atoms with van der Waals surface area (Å²) in [4.78, 5) is 8.34. The lowest BCUT2D eigenvalue weighted by molar-refractivity contribution is 0.460. The number of halogens is 3. The molecule has 2 aromatic carbocycles. The lowest BCUT2D eigenvalue weighted by Crippen LogP contribution is -2.37. The van der Waals surface area contributed by atoms with Crippen LogP contribution < -0.4 is 15.4 Å². The lowest BCUT2D eigenvalue weighted by atomic mass is 10.1. The Morgan fingerprint density at radius 2 is 1.80 bits per heavy atom. The highest BCUT2D eigenvalue weighted by Gasteiger charge is 2.04. The van der Waals surface area contributed by atoms with Crippen molar-refractivity contribution in [2.45, 2.75) is 13.0 Å². The maximum absolute atomic E-state index is 13.7. The number of aliphatic imine (C=N–C) groups is 1. The second-order valence-electron chi connectivity index (χ2n) is 6.25. The largest absolute Gasteiger partial charge is 0.439 e. The Morgan fingerprint density at radius 1 is 1.03 bits per heavy atom. The molecule has 0 fully saturated rings. The number of rotatable bonds is 7. The Balaban J connectivity index is 0.00000320. The van der Waals surface area contributed by atoms with Crippen molar-refractivity contribution < 1.29 is 13.5 Å². The van der Waals surface area contributed by atoms with E-state index in [4.69, 9.17) is 4.74 Å². The molecule has 1 heterocycles. The van der Waals surface area contributed by atoms with E-state index < -0.39 is 0 Å². The summed E-state index contributed by atoms with van der Waals surface area (Å²) < 4.78 is 32.3. The van der Waals surface area contributed by atoms with E-state index in [9.17, 15) is 8.78 Å². The lowest BCUT2D eigenvalue weighted by Gasteiger charge is -2.13. The molecule has 0 saturated carbocycles. The quantitative estimate of drug-likeness (QED) is 0.268. The molecule has 0 amide bonds. The molecule has 5 nitrogen and oxygen atoms in total. The van der Waals surface area contributed by atoms with E-state index in [0.29, 0.717) is 42.7 Å². The van der Waals surface area contributed by atoms with Crippen molar-refractivity contribution in [3.63, 3.8) is 0 Å². The normalized spacial score (nSPS) is 10.8. The Kier molecular flexibility index (Phi) is 9.46. The van der Waals surface area contributed by atoms with Crippen molar-refractivity contribution in [3.8, 4) is 11.6 Å². The van der Waals surface area contributed by atoms with Gasteiger partial charge >= 0.3 is 0 Å². The summed E-state index contributed by atoms with van der Waals surface area (Å²) in [7, 11) is 1.67. The zero-order chi connectivity index (χ0) is 20.5. The summed E-state index contributed by atoms with van der Waals surface area (Å²) in [5.74, 6) is 1.01. The molecule has 0 aliphatic carbocycles. The number of ether oxygens (including phenoxy) is 1. The minimum atomic E-state index is -0.322. The van der Waals surface area contributed by atoms with Crippen LogP contribution in [0.15, 0.2) is 71.9 Å². The number of pyridine rings is 1. The van der Waals surface area contributed by atoms with Crippen molar-refractivity contribution in [2.24, 2.45) is 4.99 Å². The van der Waals surface area contributed by atoms with Crippen LogP contribution >= 0.6 is 24.0 Å². The number of hydrogen-bond donors (Lipinski definition) is 2. The van der Waals surface area contributed by atoms with Gasteiger partial charge in [-0.1, -0.05) is 18.2 Å². The van der Waals surface area contributed by atoms with Gasteiger partial charge in [0.25, 0.3) is 0 Å². The van der Waals surface area contributed by atoms with Crippen LogP contribution in [0.1, 0.15) is 11.1 Å². The van der Waals surface area contributed by atoms with Crippen LogP contribution in [0, 0.1) is 11.6 Å². The maximum atomic E-state index is 13.7. The second kappa shape index (κ2) is 12.1. The van der Waals surface area contributed by atoms with Crippen LogP contribution in [0.4, 0.5) is 8.78 Å². The highest BCUT2D eigenvalue weighted by Crippen LogP contribution is 2.20. The van der Waals surface area contributed by atoms with E-state index in [1.807, 2.05) is 12.1 Å². The monoisotopic (exact) mass is 524 g/mol. The molecule has 30 heavy (non-hydrogen) atoms. The molecule has 8 heteroatoms. The SMILES string of the molecule is CN=C(NCCc1ccccc1F)NCc1ccnc(Oc2ccc(F)cc2)c1.I. The van der Waals surface area contributed by atoms with Crippen molar-refractivity contribution in [1.82, 2.24) is 15.6 Å². The molecular formula is C22H23F2IN4O. The zero-order valence-electron chi connectivity index (χ0n) is 16.4. The minimum Gasteiger partial charge on any atom is -0.439 e. The van der Waals surface area contributed by atoms with Gasteiger partial charge in [0.15, 0.2) is 5.96 Å². The average molecular weight is 524 g/mol. The summed E-state index contributed by atoms with van der Waals surface area (Å²) in [5, 5.41) is 6.36. The molecule has 0 saturated heterocycles. The van der Waals surface area contributed by atoms with Crippen molar-refractivity contribution in [1.29, 1.82) is 0 Å². The van der Waals surface area contributed by atoms with Gasteiger partial charge in [0.1, 0.15) is 17.4 Å². The van der Waals surface area contributed by atoms with Crippen LogP contribution in [0.25, 0.3) is 0 Å². The Bertz CT molecular complexity index is 967. The molecule has 1 aromatic heterocycles. The van der Waals surface area contributed by atoms with Gasteiger partial charge in [0.05, 0.1) is 0 Å². The van der Waals surface area contributed by atoms with Gasteiger partial charge in [-0.05, 0) is 53.9 Å². The summed E-state index contributed by atoms with van der Waals surface area (Å²) in [6.45, 7) is 1.05. The van der Waals surface area contributed by atoms with Crippen molar-refractivity contribution >= 4 is 29.9 Å². The predicted octanol–water partition coefficient (Wildman–Crippen LogP) is 4.68. The van der Waals surface area contributed by atoms with Gasteiger partial charge in [-0.3, -0.25) is 4.99 Å². The van der Waals surface area contributed by atoms with Gasteiger partial charge in [0, 0.05) is 32.4 Å². The first-order valence-electron chi connectivity index (χ1n) is 9.20. The third kappa shape index (κ3) is 7.25. The number of nitrogens with one attached hydrogen (secondary N) is 2. The van der Waals surface area contributed by atoms with Gasteiger partial charge in [-0.2, -0.15) is 0 Å². The summed E-state index contributed by atoms with van der Waals surface area (Å²) in [6, 6.07) is 16.1. The van der Waals surface area contributed by atoms with E-state index >= 15 is 0 Å². The first-order valence-corrected chi connectivity index (χ1v) is 9.20. The summed E-state index contributed by atoms with van der Waals surface area (Å²) in [6.07, 6.45) is 2.20. The van der Waals surface area contributed by atoms with Crippen LogP contribution in [0.2, 0.25) is 0 Å². The standard InChI is InChI=1S/C22H22F2N4O.HI/c1-25-22(27-13-11-17-4-2-3-5-20(17)24)28-15-16-10-12-26-21(14-16)29-19-8-6-18(23)7-9-19;/h2-10,12,14H,11,13,15H2,1H3,(H2,25,27,28);1H. The molecule has 0 radical (unpaired) electrons. The molecule has 0 unspecified atom stereocenters. The summed E-state index contributed by atoms with van der Waals surface area (Å²) in [5.41, 5.74) is 1.60. The third-order valence-electron chi connectivity index (χ3n) is 4.16. The summed E-state index contributed by atoms with van der Waals surface area (Å²) >= 11 is 0. The van der Waals surface area contributed by atoms with Gasteiger partial charge < -0.3 is 15.4 Å². The van der Waals surface area contributed by atoms with E-state index in [1.54, 1.807) is 43.6 Å². The fourth-order valence-corrected chi connectivity index (χ4v) is 2.66. The average Bonchev–Trinajstić information content (AvgIpc) is 2.74. The molecule has 0 spiro atoms. The molecule has 0 aliphatic heterocycles. The molecular weight excluding hydrogens is 501 g/mol.